The molecule has 1 aromatic carbocycles. The van der Waals surface area contributed by atoms with Crippen LogP contribution in [0.15, 0.2) is 40.9 Å². The molecule has 4 rings (SSSR count). The van der Waals surface area contributed by atoms with E-state index < -0.39 is 0 Å². The fourth-order valence-electron chi connectivity index (χ4n) is 2.90. The van der Waals surface area contributed by atoms with Gasteiger partial charge in [-0.05, 0) is 12.5 Å². The highest BCUT2D eigenvalue weighted by atomic mass is 32.2. The fraction of sp³-hybridized carbons (Fsp3) is 0.389. The van der Waals surface area contributed by atoms with Crippen molar-refractivity contribution < 1.29 is 4.74 Å². The zero-order valence-electron chi connectivity index (χ0n) is 14.7. The third-order valence-corrected chi connectivity index (χ3v) is 6.01. The maximum Gasteiger partial charge on any atom is 0.228 e. The molecule has 26 heavy (non-hydrogen) atoms. The largest absolute Gasteiger partial charge is 0.378 e. The van der Waals surface area contributed by atoms with Crippen molar-refractivity contribution >= 4 is 29.0 Å². The number of benzene rings is 1. The second-order valence-corrected chi connectivity index (χ2v) is 8.11. The minimum atomic E-state index is 0.735. The van der Waals surface area contributed by atoms with Crippen molar-refractivity contribution in [3.05, 3.63) is 52.0 Å². The first kappa shape index (κ1) is 17.5. The molecule has 3 aromatic rings. The van der Waals surface area contributed by atoms with E-state index in [-0.39, 0.29) is 0 Å². The third-order valence-electron chi connectivity index (χ3n) is 4.19. The first-order chi connectivity index (χ1) is 12.8. The monoisotopic (exact) mass is 387 g/mol. The van der Waals surface area contributed by atoms with E-state index in [0.717, 1.165) is 60.4 Å². The minimum Gasteiger partial charge on any atom is -0.378 e. The summed E-state index contributed by atoms with van der Waals surface area (Å²) in [5, 5.41) is 13.1. The van der Waals surface area contributed by atoms with E-state index >= 15 is 0 Å². The van der Waals surface area contributed by atoms with Crippen molar-refractivity contribution in [1.29, 1.82) is 0 Å². The molecule has 1 aliphatic rings. The smallest absolute Gasteiger partial charge is 0.228 e. The quantitative estimate of drug-likeness (QED) is 0.606. The Morgan fingerprint density at radius 1 is 1.15 bits per heavy atom. The molecule has 2 aromatic heterocycles. The van der Waals surface area contributed by atoms with E-state index in [1.807, 2.05) is 13.0 Å². The van der Waals surface area contributed by atoms with E-state index in [4.69, 9.17) is 4.74 Å². The van der Waals surface area contributed by atoms with E-state index in [9.17, 15) is 0 Å². The molecule has 1 aliphatic heterocycles. The standard InChI is InChI=1S/C18H21N5OS2/c1-14-19-16(12-25-14)13-26-18-21-20-17(22-7-9-24-10-8-22)23(18)11-15-5-3-2-4-6-15/h2-6,12H,7-11,13H2,1H3. The summed E-state index contributed by atoms with van der Waals surface area (Å²) in [4.78, 5) is 6.81. The molecule has 3 heterocycles. The molecule has 0 atom stereocenters. The van der Waals surface area contributed by atoms with Crippen molar-refractivity contribution in [2.24, 2.45) is 0 Å². The predicted molar refractivity (Wildman–Crippen MR) is 105 cm³/mol. The SMILES string of the molecule is Cc1nc(CSc2nnc(N3CCOCC3)n2Cc2ccccc2)cs1. The summed E-state index contributed by atoms with van der Waals surface area (Å²) >= 11 is 3.38. The van der Waals surface area contributed by atoms with Gasteiger partial charge in [0.05, 0.1) is 30.5 Å². The number of thiazole rings is 1. The second kappa shape index (κ2) is 8.20. The van der Waals surface area contributed by atoms with E-state index in [0.29, 0.717) is 0 Å². The molecule has 0 spiro atoms. The van der Waals surface area contributed by atoms with Crippen LogP contribution >= 0.6 is 23.1 Å². The lowest BCUT2D eigenvalue weighted by Crippen LogP contribution is -2.38. The molecule has 0 bridgehead atoms. The number of rotatable bonds is 6. The summed E-state index contributed by atoms with van der Waals surface area (Å²) in [5.41, 5.74) is 2.34. The first-order valence-electron chi connectivity index (χ1n) is 8.63. The molecule has 1 saturated heterocycles. The number of hydrogen-bond acceptors (Lipinski definition) is 7. The van der Waals surface area contributed by atoms with Crippen molar-refractivity contribution in [2.45, 2.75) is 24.4 Å². The number of aryl methyl sites for hydroxylation is 1. The van der Waals surface area contributed by atoms with Gasteiger partial charge in [-0.25, -0.2) is 4.98 Å². The molecular weight excluding hydrogens is 366 g/mol. The second-order valence-electron chi connectivity index (χ2n) is 6.10. The molecule has 0 N–H and O–H groups in total. The summed E-state index contributed by atoms with van der Waals surface area (Å²) in [6.07, 6.45) is 0. The summed E-state index contributed by atoms with van der Waals surface area (Å²) in [7, 11) is 0. The zero-order valence-corrected chi connectivity index (χ0v) is 16.3. The van der Waals surface area contributed by atoms with Crippen LogP contribution in [0.5, 0.6) is 0 Å². The van der Waals surface area contributed by atoms with Gasteiger partial charge in [0.15, 0.2) is 5.16 Å². The summed E-state index contributed by atoms with van der Waals surface area (Å²) in [5.74, 6) is 1.73. The number of morpholine rings is 1. The molecule has 0 aliphatic carbocycles. The Hall–Kier alpha value is -1.90. The van der Waals surface area contributed by atoms with Gasteiger partial charge < -0.3 is 9.64 Å². The third kappa shape index (κ3) is 4.08. The zero-order chi connectivity index (χ0) is 17.8. The molecule has 1 fully saturated rings. The van der Waals surface area contributed by atoms with E-state index in [1.165, 1.54) is 5.56 Å². The Labute approximate surface area is 161 Å². The van der Waals surface area contributed by atoms with Crippen molar-refractivity contribution in [3.63, 3.8) is 0 Å². The van der Waals surface area contributed by atoms with Crippen LogP contribution in [0, 0.1) is 6.92 Å². The van der Waals surface area contributed by atoms with Gasteiger partial charge >= 0.3 is 0 Å². The highest BCUT2D eigenvalue weighted by Crippen LogP contribution is 2.27. The van der Waals surface area contributed by atoms with Crippen molar-refractivity contribution in [1.82, 2.24) is 19.7 Å². The number of anilines is 1. The average Bonchev–Trinajstić information content (AvgIpc) is 3.28. The van der Waals surface area contributed by atoms with Crippen LogP contribution in [0.25, 0.3) is 0 Å². The van der Waals surface area contributed by atoms with Gasteiger partial charge in [-0.3, -0.25) is 4.57 Å². The highest BCUT2D eigenvalue weighted by molar-refractivity contribution is 7.98. The lowest BCUT2D eigenvalue weighted by molar-refractivity contribution is 0.121. The normalized spacial score (nSPS) is 14.7. The Balaban J connectivity index is 1.58. The lowest BCUT2D eigenvalue weighted by atomic mass is 10.2. The Kier molecular flexibility index (Phi) is 5.52. The molecule has 0 unspecified atom stereocenters. The van der Waals surface area contributed by atoms with Gasteiger partial charge in [0, 0.05) is 24.2 Å². The molecule has 8 heteroatoms. The Morgan fingerprint density at radius 2 is 1.96 bits per heavy atom. The molecule has 6 nitrogen and oxygen atoms in total. The summed E-state index contributed by atoms with van der Waals surface area (Å²) in [6, 6.07) is 10.5. The molecule has 0 amide bonds. The van der Waals surface area contributed by atoms with Crippen LogP contribution in [0.3, 0.4) is 0 Å². The maximum absolute atomic E-state index is 5.48. The van der Waals surface area contributed by atoms with Crippen LogP contribution in [-0.4, -0.2) is 46.1 Å². The van der Waals surface area contributed by atoms with Gasteiger partial charge in [0.2, 0.25) is 5.95 Å². The molecule has 0 saturated carbocycles. The number of ether oxygens (including phenoxy) is 1. The van der Waals surface area contributed by atoms with Gasteiger partial charge in [-0.15, -0.1) is 21.5 Å². The van der Waals surface area contributed by atoms with E-state index in [2.05, 4.69) is 54.3 Å². The topological polar surface area (TPSA) is 56.1 Å². The average molecular weight is 388 g/mol. The predicted octanol–water partition coefficient (Wildman–Crippen LogP) is 3.22. The van der Waals surface area contributed by atoms with Crippen LogP contribution in [-0.2, 0) is 17.0 Å². The van der Waals surface area contributed by atoms with Gasteiger partial charge in [0.25, 0.3) is 0 Å². The van der Waals surface area contributed by atoms with Crippen LogP contribution in [0.4, 0.5) is 5.95 Å². The van der Waals surface area contributed by atoms with Crippen LogP contribution in [0.1, 0.15) is 16.3 Å². The maximum atomic E-state index is 5.48. The van der Waals surface area contributed by atoms with Gasteiger partial charge in [-0.2, -0.15) is 0 Å². The van der Waals surface area contributed by atoms with Crippen LogP contribution < -0.4 is 4.90 Å². The molecule has 136 valence electrons. The summed E-state index contributed by atoms with van der Waals surface area (Å²) < 4.78 is 7.70. The number of hydrogen-bond donors (Lipinski definition) is 0. The minimum absolute atomic E-state index is 0.735. The Bertz CT molecular complexity index is 842. The summed E-state index contributed by atoms with van der Waals surface area (Å²) in [6.45, 7) is 5.97. The van der Waals surface area contributed by atoms with Crippen molar-refractivity contribution in [2.75, 3.05) is 31.2 Å². The lowest BCUT2D eigenvalue weighted by Gasteiger charge is -2.28. The molecular formula is C18H21N5OS2. The first-order valence-corrected chi connectivity index (χ1v) is 10.5. The number of thioether (sulfide) groups is 1. The van der Waals surface area contributed by atoms with Gasteiger partial charge in [-0.1, -0.05) is 42.1 Å². The van der Waals surface area contributed by atoms with E-state index in [1.54, 1.807) is 23.1 Å². The fourth-order valence-corrected chi connectivity index (χ4v) is 4.45. The molecule has 0 radical (unpaired) electrons. The number of aromatic nitrogens is 4. The highest BCUT2D eigenvalue weighted by Gasteiger charge is 2.21. The van der Waals surface area contributed by atoms with Crippen LogP contribution in [0.2, 0.25) is 0 Å². The van der Waals surface area contributed by atoms with Gasteiger partial charge in [0.1, 0.15) is 0 Å². The number of nitrogens with zero attached hydrogens (tertiary/aromatic N) is 5. The van der Waals surface area contributed by atoms with Crippen molar-refractivity contribution in [3.8, 4) is 0 Å². The Morgan fingerprint density at radius 3 is 2.69 bits per heavy atom.